The topological polar surface area (TPSA) is 55.9 Å². The van der Waals surface area contributed by atoms with Crippen molar-refractivity contribution >= 4 is 0 Å². The minimum Gasteiger partial charge on any atom is -0.271 e. The maximum atomic E-state index is 13.9. The Bertz CT molecular complexity index is 589. The lowest BCUT2D eigenvalue weighted by Crippen LogP contribution is -2.30. The van der Waals surface area contributed by atoms with Crippen LogP contribution in [0.5, 0.6) is 0 Å². The molecule has 1 aliphatic rings. The van der Waals surface area contributed by atoms with Crippen LogP contribution in [0.15, 0.2) is 36.5 Å². The SMILES string of the molecule is NNC(Cc1ccn(C2CCCC2)n1)c1ccccc1F. The zero-order valence-electron chi connectivity index (χ0n) is 12.0. The maximum absolute atomic E-state index is 13.9. The third-order valence-corrected chi connectivity index (χ3v) is 4.26. The first-order valence-electron chi connectivity index (χ1n) is 7.52. The minimum atomic E-state index is -0.266. The van der Waals surface area contributed by atoms with E-state index >= 15 is 0 Å². The molecule has 0 amide bonds. The molecule has 112 valence electrons. The molecule has 1 aliphatic carbocycles. The standard InChI is InChI=1S/C16H21FN4/c17-15-8-4-3-7-14(15)16(19-18)11-12-9-10-21(20-12)13-5-1-2-6-13/h3-4,7-10,13,16,19H,1-2,5-6,11,18H2. The van der Waals surface area contributed by atoms with Gasteiger partial charge in [-0.25, -0.2) is 4.39 Å². The highest BCUT2D eigenvalue weighted by Gasteiger charge is 2.19. The van der Waals surface area contributed by atoms with E-state index in [1.807, 2.05) is 18.3 Å². The van der Waals surface area contributed by atoms with Crippen LogP contribution in [0.25, 0.3) is 0 Å². The summed E-state index contributed by atoms with van der Waals surface area (Å²) in [4.78, 5) is 0. The van der Waals surface area contributed by atoms with Crippen LogP contribution in [-0.4, -0.2) is 9.78 Å². The van der Waals surface area contributed by atoms with Crippen molar-refractivity contribution in [1.29, 1.82) is 0 Å². The summed E-state index contributed by atoms with van der Waals surface area (Å²) in [7, 11) is 0. The Balaban J connectivity index is 1.74. The van der Waals surface area contributed by atoms with Crippen LogP contribution in [0, 0.1) is 5.82 Å². The number of halogens is 1. The van der Waals surface area contributed by atoms with Crippen molar-refractivity contribution in [3.8, 4) is 0 Å². The van der Waals surface area contributed by atoms with Crippen molar-refractivity contribution in [1.82, 2.24) is 15.2 Å². The van der Waals surface area contributed by atoms with Crippen LogP contribution in [0.2, 0.25) is 0 Å². The first-order valence-corrected chi connectivity index (χ1v) is 7.52. The Labute approximate surface area is 124 Å². The summed E-state index contributed by atoms with van der Waals surface area (Å²) in [5.74, 6) is 5.36. The van der Waals surface area contributed by atoms with E-state index < -0.39 is 0 Å². The van der Waals surface area contributed by atoms with E-state index in [1.54, 1.807) is 12.1 Å². The number of hydrazine groups is 1. The van der Waals surface area contributed by atoms with Gasteiger partial charge < -0.3 is 0 Å². The number of benzene rings is 1. The second kappa shape index (κ2) is 6.37. The molecule has 5 heteroatoms. The number of nitrogens with zero attached hydrogens (tertiary/aromatic N) is 2. The molecule has 1 aromatic heterocycles. The molecule has 4 nitrogen and oxygen atoms in total. The Morgan fingerprint density at radius 2 is 2.05 bits per heavy atom. The fraction of sp³-hybridized carbons (Fsp3) is 0.438. The molecule has 0 radical (unpaired) electrons. The zero-order chi connectivity index (χ0) is 14.7. The molecule has 1 aromatic carbocycles. The third-order valence-electron chi connectivity index (χ3n) is 4.26. The minimum absolute atomic E-state index is 0.240. The molecule has 1 saturated carbocycles. The lowest BCUT2D eigenvalue weighted by Gasteiger charge is -2.16. The van der Waals surface area contributed by atoms with Crippen LogP contribution in [-0.2, 0) is 6.42 Å². The van der Waals surface area contributed by atoms with Gasteiger partial charge in [0.2, 0.25) is 0 Å². The Hall–Kier alpha value is -1.72. The summed E-state index contributed by atoms with van der Waals surface area (Å²) in [5, 5.41) is 4.63. The molecule has 3 N–H and O–H groups in total. The maximum Gasteiger partial charge on any atom is 0.128 e. The van der Waals surface area contributed by atoms with E-state index in [2.05, 4.69) is 15.2 Å². The van der Waals surface area contributed by atoms with Crippen LogP contribution < -0.4 is 11.3 Å². The zero-order valence-corrected chi connectivity index (χ0v) is 12.0. The summed E-state index contributed by atoms with van der Waals surface area (Å²) in [6.45, 7) is 0. The summed E-state index contributed by atoms with van der Waals surface area (Å²) in [6, 6.07) is 8.98. The molecular weight excluding hydrogens is 267 g/mol. The van der Waals surface area contributed by atoms with Gasteiger partial charge in [-0.2, -0.15) is 5.10 Å². The predicted molar refractivity (Wildman–Crippen MR) is 79.9 cm³/mol. The molecule has 0 bridgehead atoms. The van der Waals surface area contributed by atoms with E-state index in [9.17, 15) is 4.39 Å². The monoisotopic (exact) mass is 288 g/mol. The molecule has 1 atom stereocenters. The first kappa shape index (κ1) is 14.2. The molecule has 0 spiro atoms. The van der Waals surface area contributed by atoms with Crippen molar-refractivity contribution in [2.45, 2.75) is 44.2 Å². The number of rotatable bonds is 5. The molecule has 1 heterocycles. The van der Waals surface area contributed by atoms with E-state index in [1.165, 1.54) is 31.7 Å². The van der Waals surface area contributed by atoms with E-state index in [-0.39, 0.29) is 11.9 Å². The average Bonchev–Trinajstić information content (AvgIpc) is 3.16. The summed E-state index contributed by atoms with van der Waals surface area (Å²) in [5.41, 5.74) is 4.21. The first-order chi connectivity index (χ1) is 10.3. The van der Waals surface area contributed by atoms with Gasteiger partial charge in [-0.15, -0.1) is 0 Å². The van der Waals surface area contributed by atoms with Crippen LogP contribution in [0.1, 0.15) is 49.0 Å². The van der Waals surface area contributed by atoms with E-state index in [4.69, 9.17) is 5.84 Å². The normalized spacial score (nSPS) is 17.2. The van der Waals surface area contributed by atoms with Gasteiger partial charge in [0.05, 0.1) is 17.8 Å². The highest BCUT2D eigenvalue weighted by atomic mass is 19.1. The van der Waals surface area contributed by atoms with Gasteiger partial charge in [0, 0.05) is 18.2 Å². The lowest BCUT2D eigenvalue weighted by atomic mass is 10.0. The molecule has 2 aromatic rings. The quantitative estimate of drug-likeness (QED) is 0.657. The highest BCUT2D eigenvalue weighted by molar-refractivity contribution is 5.22. The lowest BCUT2D eigenvalue weighted by molar-refractivity contribution is 0.454. The predicted octanol–water partition coefficient (Wildman–Crippen LogP) is 2.88. The number of aromatic nitrogens is 2. The molecule has 0 saturated heterocycles. The summed E-state index contributed by atoms with van der Waals surface area (Å²) in [6.07, 6.45) is 7.57. The molecule has 1 fully saturated rings. The fourth-order valence-corrected chi connectivity index (χ4v) is 3.08. The fourth-order valence-electron chi connectivity index (χ4n) is 3.08. The van der Waals surface area contributed by atoms with E-state index in [0.717, 1.165) is 5.69 Å². The van der Waals surface area contributed by atoms with E-state index in [0.29, 0.717) is 18.0 Å². The highest BCUT2D eigenvalue weighted by Crippen LogP contribution is 2.29. The van der Waals surface area contributed by atoms with Crippen molar-refractivity contribution in [3.05, 3.63) is 53.6 Å². The number of nitrogens with two attached hydrogens (primary N) is 1. The van der Waals surface area contributed by atoms with Gasteiger partial charge >= 0.3 is 0 Å². The number of hydrogen-bond acceptors (Lipinski definition) is 3. The van der Waals surface area contributed by atoms with Gasteiger partial charge in [0.25, 0.3) is 0 Å². The summed E-state index contributed by atoms with van der Waals surface area (Å²) >= 11 is 0. The van der Waals surface area contributed by atoms with Crippen molar-refractivity contribution in [3.63, 3.8) is 0 Å². The Morgan fingerprint density at radius 1 is 1.29 bits per heavy atom. The van der Waals surface area contributed by atoms with Gasteiger partial charge in [0.15, 0.2) is 0 Å². The second-order valence-electron chi connectivity index (χ2n) is 5.67. The molecule has 3 rings (SSSR count). The largest absolute Gasteiger partial charge is 0.271 e. The number of hydrogen-bond donors (Lipinski definition) is 2. The molecular formula is C16H21FN4. The van der Waals surface area contributed by atoms with Crippen molar-refractivity contribution in [2.24, 2.45) is 5.84 Å². The smallest absolute Gasteiger partial charge is 0.128 e. The third kappa shape index (κ3) is 3.14. The Morgan fingerprint density at radius 3 is 2.76 bits per heavy atom. The van der Waals surface area contributed by atoms with Crippen molar-refractivity contribution < 1.29 is 4.39 Å². The molecule has 21 heavy (non-hydrogen) atoms. The van der Waals surface area contributed by atoms with Gasteiger partial charge in [-0.05, 0) is 25.0 Å². The second-order valence-corrected chi connectivity index (χ2v) is 5.67. The molecule has 1 unspecified atom stereocenters. The van der Waals surface area contributed by atoms with Gasteiger partial charge in [-0.1, -0.05) is 31.0 Å². The van der Waals surface area contributed by atoms with Gasteiger partial charge in [-0.3, -0.25) is 16.0 Å². The van der Waals surface area contributed by atoms with Gasteiger partial charge in [0.1, 0.15) is 5.82 Å². The molecule has 0 aliphatic heterocycles. The number of nitrogens with one attached hydrogen (secondary N) is 1. The van der Waals surface area contributed by atoms with Crippen LogP contribution in [0.4, 0.5) is 4.39 Å². The summed E-state index contributed by atoms with van der Waals surface area (Å²) < 4.78 is 15.9. The van der Waals surface area contributed by atoms with Crippen LogP contribution >= 0.6 is 0 Å². The Kier molecular flexibility index (Phi) is 4.31. The van der Waals surface area contributed by atoms with Crippen molar-refractivity contribution in [2.75, 3.05) is 0 Å². The van der Waals surface area contributed by atoms with Crippen LogP contribution in [0.3, 0.4) is 0 Å². The average molecular weight is 288 g/mol.